The molecule has 0 radical (unpaired) electrons. The molecule has 2 aromatic rings. The van der Waals surface area contributed by atoms with Crippen molar-refractivity contribution in [2.75, 3.05) is 44.2 Å². The lowest BCUT2D eigenvalue weighted by atomic mass is 9.73. The Morgan fingerprint density at radius 1 is 0.724 bits per heavy atom. The van der Waals surface area contributed by atoms with Crippen LogP contribution in [0.4, 0.5) is 10.5 Å². The number of piperidine rings is 1. The highest BCUT2D eigenvalue weighted by molar-refractivity contribution is 5.82. The van der Waals surface area contributed by atoms with E-state index in [1.807, 2.05) is 58.3 Å². The Morgan fingerprint density at radius 3 is 1.79 bits per heavy atom. The molecule has 2 amide bonds. The van der Waals surface area contributed by atoms with Gasteiger partial charge in [0, 0.05) is 45.0 Å². The predicted molar refractivity (Wildman–Crippen MR) is 112 cm³/mol. The van der Waals surface area contributed by atoms with Crippen molar-refractivity contribution in [2.45, 2.75) is 18.3 Å². The summed E-state index contributed by atoms with van der Waals surface area (Å²) in [5.41, 5.74) is 1.12. The van der Waals surface area contributed by atoms with Crippen LogP contribution in [0.1, 0.15) is 18.4 Å². The molecule has 2 aliphatic heterocycles. The molecule has 2 aromatic carbocycles. The molecule has 152 valence electrons. The number of likely N-dealkylation sites (tertiary alicyclic amines) is 1. The van der Waals surface area contributed by atoms with Crippen LogP contribution in [-0.2, 0) is 10.2 Å². The number of para-hydroxylation sites is 1. The Labute approximate surface area is 171 Å². The second-order valence-corrected chi connectivity index (χ2v) is 7.83. The average Bonchev–Trinajstić information content (AvgIpc) is 2.80. The maximum atomic E-state index is 13.0. The van der Waals surface area contributed by atoms with Crippen LogP contribution in [-0.4, -0.2) is 66.2 Å². The fourth-order valence-corrected chi connectivity index (χ4v) is 4.46. The molecule has 6 nitrogen and oxygen atoms in total. The second kappa shape index (κ2) is 8.15. The zero-order valence-electron chi connectivity index (χ0n) is 16.5. The molecular formula is C23H27N3O3. The highest BCUT2D eigenvalue weighted by Gasteiger charge is 2.44. The zero-order valence-corrected chi connectivity index (χ0v) is 16.5. The molecular weight excluding hydrogens is 366 g/mol. The first-order chi connectivity index (χ1) is 14.1. The molecule has 0 aromatic heterocycles. The zero-order chi connectivity index (χ0) is 20.3. The van der Waals surface area contributed by atoms with Crippen LogP contribution in [0.25, 0.3) is 0 Å². The first kappa shape index (κ1) is 19.3. The lowest BCUT2D eigenvalue weighted by molar-refractivity contribution is -0.145. The molecule has 0 atom stereocenters. The van der Waals surface area contributed by atoms with E-state index in [9.17, 15) is 14.7 Å². The highest BCUT2D eigenvalue weighted by atomic mass is 16.4. The van der Waals surface area contributed by atoms with Gasteiger partial charge in [0.05, 0.1) is 5.41 Å². The van der Waals surface area contributed by atoms with Crippen molar-refractivity contribution in [3.8, 4) is 0 Å². The summed E-state index contributed by atoms with van der Waals surface area (Å²) in [5.74, 6) is -0.799. The number of hydrogen-bond acceptors (Lipinski definition) is 3. The predicted octanol–water partition coefficient (Wildman–Crippen LogP) is 3.05. The van der Waals surface area contributed by atoms with E-state index in [-0.39, 0.29) is 6.03 Å². The molecule has 2 aliphatic rings. The van der Waals surface area contributed by atoms with Crippen LogP contribution in [0.3, 0.4) is 0 Å². The van der Waals surface area contributed by atoms with Gasteiger partial charge in [0.15, 0.2) is 0 Å². The summed E-state index contributed by atoms with van der Waals surface area (Å²) in [7, 11) is 0. The third-order valence-corrected chi connectivity index (χ3v) is 6.29. The van der Waals surface area contributed by atoms with Crippen LogP contribution >= 0.6 is 0 Å². The fraction of sp³-hybridized carbons (Fsp3) is 0.391. The first-order valence-corrected chi connectivity index (χ1v) is 10.2. The Kier molecular flexibility index (Phi) is 5.43. The SMILES string of the molecule is O=C(N1CCN(c2ccccc2)CC1)N1CCC(C(=O)O)(c2ccccc2)CC1. The second-order valence-electron chi connectivity index (χ2n) is 7.83. The van der Waals surface area contributed by atoms with E-state index in [2.05, 4.69) is 17.0 Å². The van der Waals surface area contributed by atoms with Crippen molar-refractivity contribution in [2.24, 2.45) is 0 Å². The van der Waals surface area contributed by atoms with Gasteiger partial charge in [-0.25, -0.2) is 4.79 Å². The van der Waals surface area contributed by atoms with Gasteiger partial charge >= 0.3 is 12.0 Å². The van der Waals surface area contributed by atoms with E-state index in [0.29, 0.717) is 39.0 Å². The van der Waals surface area contributed by atoms with Gasteiger partial charge in [-0.2, -0.15) is 0 Å². The van der Waals surface area contributed by atoms with Gasteiger partial charge in [-0.1, -0.05) is 48.5 Å². The summed E-state index contributed by atoms with van der Waals surface area (Å²) < 4.78 is 0. The first-order valence-electron chi connectivity index (χ1n) is 10.2. The van der Waals surface area contributed by atoms with Crippen molar-refractivity contribution < 1.29 is 14.7 Å². The van der Waals surface area contributed by atoms with E-state index < -0.39 is 11.4 Å². The Morgan fingerprint density at radius 2 is 1.24 bits per heavy atom. The number of aliphatic carboxylic acids is 1. The van der Waals surface area contributed by atoms with E-state index in [1.54, 1.807) is 0 Å². The normalized spacial score (nSPS) is 19.1. The quantitative estimate of drug-likeness (QED) is 0.871. The summed E-state index contributed by atoms with van der Waals surface area (Å²) in [5, 5.41) is 9.93. The van der Waals surface area contributed by atoms with Crippen molar-refractivity contribution in [3.63, 3.8) is 0 Å². The molecule has 0 bridgehead atoms. The highest BCUT2D eigenvalue weighted by Crippen LogP contribution is 2.36. The molecule has 2 heterocycles. The number of carboxylic acid groups (broad SMARTS) is 1. The van der Waals surface area contributed by atoms with Gasteiger partial charge in [0.2, 0.25) is 0 Å². The number of carbonyl (C=O) groups excluding carboxylic acids is 1. The largest absolute Gasteiger partial charge is 0.481 e. The minimum absolute atomic E-state index is 0.0322. The number of nitrogens with zero attached hydrogens (tertiary/aromatic N) is 3. The lowest BCUT2D eigenvalue weighted by Crippen LogP contribution is -2.56. The lowest BCUT2D eigenvalue weighted by Gasteiger charge is -2.43. The minimum atomic E-state index is -0.899. The van der Waals surface area contributed by atoms with Crippen LogP contribution < -0.4 is 4.90 Å². The summed E-state index contributed by atoms with van der Waals surface area (Å²) in [6.45, 7) is 3.94. The topological polar surface area (TPSA) is 64.1 Å². The van der Waals surface area contributed by atoms with Crippen molar-refractivity contribution in [1.29, 1.82) is 0 Å². The Balaban J connectivity index is 1.36. The molecule has 2 saturated heterocycles. The van der Waals surface area contributed by atoms with E-state index in [4.69, 9.17) is 0 Å². The number of amides is 2. The third-order valence-electron chi connectivity index (χ3n) is 6.29. The molecule has 0 spiro atoms. The number of carbonyl (C=O) groups is 2. The molecule has 4 rings (SSSR count). The van der Waals surface area contributed by atoms with E-state index in [1.165, 1.54) is 5.69 Å². The standard InChI is InChI=1S/C23H27N3O3/c27-21(28)23(19-7-3-1-4-8-19)11-13-25(14-12-23)22(29)26-17-15-24(16-18-26)20-9-5-2-6-10-20/h1-10H,11-18H2,(H,27,28). The van der Waals surface area contributed by atoms with Crippen LogP contribution in [0.15, 0.2) is 60.7 Å². The maximum absolute atomic E-state index is 13.0. The smallest absolute Gasteiger partial charge is 0.320 e. The Hall–Kier alpha value is -3.02. The van der Waals surface area contributed by atoms with Crippen molar-refractivity contribution in [1.82, 2.24) is 9.80 Å². The van der Waals surface area contributed by atoms with Gasteiger partial charge < -0.3 is 19.8 Å². The molecule has 0 aliphatic carbocycles. The van der Waals surface area contributed by atoms with E-state index >= 15 is 0 Å². The summed E-state index contributed by atoms with van der Waals surface area (Å²) >= 11 is 0. The van der Waals surface area contributed by atoms with Crippen LogP contribution in [0.5, 0.6) is 0 Å². The molecule has 2 fully saturated rings. The number of urea groups is 1. The number of hydrogen-bond donors (Lipinski definition) is 1. The minimum Gasteiger partial charge on any atom is -0.481 e. The fourth-order valence-electron chi connectivity index (χ4n) is 4.46. The van der Waals surface area contributed by atoms with Gasteiger partial charge in [-0.15, -0.1) is 0 Å². The van der Waals surface area contributed by atoms with Gasteiger partial charge in [-0.3, -0.25) is 4.79 Å². The monoisotopic (exact) mass is 393 g/mol. The molecule has 6 heteroatoms. The molecule has 0 unspecified atom stereocenters. The summed E-state index contributed by atoms with van der Waals surface area (Å²) in [6, 6.07) is 19.7. The molecule has 1 N–H and O–H groups in total. The number of piperazine rings is 1. The number of carboxylic acids is 1. The van der Waals surface area contributed by atoms with Crippen LogP contribution in [0, 0.1) is 0 Å². The number of rotatable bonds is 3. The van der Waals surface area contributed by atoms with Crippen molar-refractivity contribution >= 4 is 17.7 Å². The van der Waals surface area contributed by atoms with Crippen molar-refractivity contribution in [3.05, 3.63) is 66.2 Å². The average molecular weight is 393 g/mol. The van der Waals surface area contributed by atoms with E-state index in [0.717, 1.165) is 18.7 Å². The third kappa shape index (κ3) is 3.79. The Bertz CT molecular complexity index is 840. The molecule has 0 saturated carbocycles. The molecule has 29 heavy (non-hydrogen) atoms. The summed E-state index contributed by atoms with van der Waals surface area (Å²) in [4.78, 5) is 31.1. The van der Waals surface area contributed by atoms with Gasteiger partial charge in [0.1, 0.15) is 0 Å². The number of anilines is 1. The van der Waals surface area contributed by atoms with Gasteiger partial charge in [0.25, 0.3) is 0 Å². The van der Waals surface area contributed by atoms with Crippen LogP contribution in [0.2, 0.25) is 0 Å². The maximum Gasteiger partial charge on any atom is 0.320 e. The van der Waals surface area contributed by atoms with Gasteiger partial charge in [-0.05, 0) is 30.5 Å². The summed E-state index contributed by atoms with van der Waals surface area (Å²) in [6.07, 6.45) is 0.893. The number of benzene rings is 2.